The molecule has 2 aromatic rings. The number of benzene rings is 1. The zero-order valence-electron chi connectivity index (χ0n) is 9.62. The van der Waals surface area contributed by atoms with E-state index in [0.29, 0.717) is 0 Å². The van der Waals surface area contributed by atoms with E-state index in [-0.39, 0.29) is 5.54 Å². The topological polar surface area (TPSA) is 39.2 Å². The molecule has 1 aromatic carbocycles. The highest BCUT2D eigenvalue weighted by Gasteiger charge is 2.37. The number of hydrogen-bond donors (Lipinski definition) is 1. The van der Waals surface area contributed by atoms with Gasteiger partial charge in [0, 0.05) is 17.3 Å². The van der Waals surface area contributed by atoms with Crippen LogP contribution in [0.4, 0.5) is 0 Å². The monoisotopic (exact) mass is 215 g/mol. The Morgan fingerprint density at radius 3 is 2.88 bits per heavy atom. The molecular formula is C14H17NO. The molecule has 0 bridgehead atoms. The van der Waals surface area contributed by atoms with Gasteiger partial charge in [0.25, 0.3) is 0 Å². The summed E-state index contributed by atoms with van der Waals surface area (Å²) >= 11 is 0. The minimum absolute atomic E-state index is 0.120. The van der Waals surface area contributed by atoms with Gasteiger partial charge in [-0.3, -0.25) is 0 Å². The summed E-state index contributed by atoms with van der Waals surface area (Å²) in [6.07, 6.45) is 4.36. The molecule has 1 aliphatic rings. The Labute approximate surface area is 95.4 Å². The summed E-state index contributed by atoms with van der Waals surface area (Å²) in [5.74, 6) is 1.07. The average molecular weight is 215 g/mol. The molecule has 0 spiro atoms. The molecule has 1 saturated carbocycles. The van der Waals surface area contributed by atoms with Crippen molar-refractivity contribution in [3.8, 4) is 0 Å². The Bertz CT molecular complexity index is 523. The molecule has 16 heavy (non-hydrogen) atoms. The second-order valence-electron chi connectivity index (χ2n) is 5.12. The fourth-order valence-corrected chi connectivity index (χ4v) is 2.12. The fourth-order valence-electron chi connectivity index (χ4n) is 2.12. The molecule has 0 atom stereocenters. The summed E-state index contributed by atoms with van der Waals surface area (Å²) in [6, 6.07) is 8.44. The summed E-state index contributed by atoms with van der Waals surface area (Å²) < 4.78 is 5.79. The number of rotatable bonds is 3. The Morgan fingerprint density at radius 2 is 2.12 bits per heavy atom. The lowest BCUT2D eigenvalue weighted by molar-refractivity contribution is 0.507. The summed E-state index contributed by atoms with van der Waals surface area (Å²) in [7, 11) is 0. The minimum atomic E-state index is 0.120. The van der Waals surface area contributed by atoms with Gasteiger partial charge in [-0.1, -0.05) is 11.6 Å². The number of aryl methyl sites for hydroxylation is 2. The van der Waals surface area contributed by atoms with Gasteiger partial charge in [-0.15, -0.1) is 0 Å². The molecule has 3 rings (SSSR count). The average Bonchev–Trinajstić information content (AvgIpc) is 2.85. The van der Waals surface area contributed by atoms with Gasteiger partial charge in [-0.2, -0.15) is 0 Å². The van der Waals surface area contributed by atoms with Gasteiger partial charge in [-0.25, -0.2) is 0 Å². The molecule has 0 saturated heterocycles. The van der Waals surface area contributed by atoms with Crippen LogP contribution in [0.3, 0.4) is 0 Å². The highest BCUT2D eigenvalue weighted by molar-refractivity contribution is 5.78. The van der Waals surface area contributed by atoms with Crippen molar-refractivity contribution < 1.29 is 4.42 Å². The Morgan fingerprint density at radius 1 is 1.31 bits per heavy atom. The van der Waals surface area contributed by atoms with Gasteiger partial charge in [0.05, 0.1) is 0 Å². The van der Waals surface area contributed by atoms with Crippen LogP contribution in [0.25, 0.3) is 11.0 Å². The van der Waals surface area contributed by atoms with Crippen LogP contribution in [-0.2, 0) is 6.42 Å². The second-order valence-corrected chi connectivity index (χ2v) is 5.12. The van der Waals surface area contributed by atoms with Crippen molar-refractivity contribution in [2.24, 2.45) is 5.73 Å². The lowest BCUT2D eigenvalue weighted by Crippen LogP contribution is -2.21. The second kappa shape index (κ2) is 3.36. The summed E-state index contributed by atoms with van der Waals surface area (Å²) in [5, 5.41) is 1.21. The smallest absolute Gasteiger partial charge is 0.134 e. The van der Waals surface area contributed by atoms with E-state index in [1.807, 2.05) is 6.07 Å². The Balaban J connectivity index is 1.82. The molecule has 0 aliphatic heterocycles. The highest BCUT2D eigenvalue weighted by Crippen LogP contribution is 2.37. The maximum atomic E-state index is 6.07. The first-order valence-electron chi connectivity index (χ1n) is 5.93. The minimum Gasteiger partial charge on any atom is -0.461 e. The Hall–Kier alpha value is -1.28. The van der Waals surface area contributed by atoms with Gasteiger partial charge >= 0.3 is 0 Å². The van der Waals surface area contributed by atoms with E-state index in [4.69, 9.17) is 10.2 Å². The number of fused-ring (bicyclic) bond motifs is 1. The van der Waals surface area contributed by atoms with Gasteiger partial charge < -0.3 is 10.2 Å². The van der Waals surface area contributed by atoms with E-state index >= 15 is 0 Å². The van der Waals surface area contributed by atoms with Crippen LogP contribution in [0.2, 0.25) is 0 Å². The zero-order valence-corrected chi connectivity index (χ0v) is 9.62. The largest absolute Gasteiger partial charge is 0.461 e. The molecule has 2 nitrogen and oxygen atoms in total. The standard InChI is InChI=1S/C14H17NO/c1-10-2-3-13-11(8-10)9-12(16-13)4-5-14(15)6-7-14/h2-3,8-9H,4-7,15H2,1H3. The van der Waals surface area contributed by atoms with Crippen LogP contribution >= 0.6 is 0 Å². The number of nitrogens with two attached hydrogens (primary N) is 1. The van der Waals surface area contributed by atoms with Gasteiger partial charge in [0.1, 0.15) is 11.3 Å². The van der Waals surface area contributed by atoms with Gasteiger partial charge in [-0.05, 0) is 44.4 Å². The molecule has 1 aromatic heterocycles. The lowest BCUT2D eigenvalue weighted by Gasteiger charge is -2.04. The highest BCUT2D eigenvalue weighted by atomic mass is 16.3. The van der Waals surface area contributed by atoms with Crippen molar-refractivity contribution in [2.75, 3.05) is 0 Å². The summed E-state index contributed by atoms with van der Waals surface area (Å²) in [6.45, 7) is 2.10. The van der Waals surface area contributed by atoms with Crippen molar-refractivity contribution in [1.29, 1.82) is 0 Å². The lowest BCUT2D eigenvalue weighted by atomic mass is 10.1. The van der Waals surface area contributed by atoms with Crippen LogP contribution < -0.4 is 5.73 Å². The molecule has 2 heteroatoms. The quantitative estimate of drug-likeness (QED) is 0.854. The molecule has 0 unspecified atom stereocenters. The first kappa shape index (κ1) is 9.91. The molecule has 2 N–H and O–H groups in total. The third kappa shape index (κ3) is 1.85. The molecule has 1 fully saturated rings. The third-order valence-corrected chi connectivity index (χ3v) is 3.48. The van der Waals surface area contributed by atoms with E-state index in [2.05, 4.69) is 25.1 Å². The molecule has 1 aliphatic carbocycles. The molecule has 0 amide bonds. The molecule has 0 radical (unpaired) electrons. The van der Waals surface area contributed by atoms with E-state index in [1.54, 1.807) is 0 Å². The summed E-state index contributed by atoms with van der Waals surface area (Å²) in [5.41, 5.74) is 8.45. The van der Waals surface area contributed by atoms with Crippen molar-refractivity contribution in [3.05, 3.63) is 35.6 Å². The van der Waals surface area contributed by atoms with Gasteiger partial charge in [0.2, 0.25) is 0 Å². The predicted molar refractivity (Wildman–Crippen MR) is 65.4 cm³/mol. The van der Waals surface area contributed by atoms with E-state index in [1.165, 1.54) is 23.8 Å². The van der Waals surface area contributed by atoms with Crippen molar-refractivity contribution in [3.63, 3.8) is 0 Å². The SMILES string of the molecule is Cc1ccc2oc(CCC3(N)CC3)cc2c1. The third-order valence-electron chi connectivity index (χ3n) is 3.48. The fraction of sp³-hybridized carbons (Fsp3) is 0.429. The summed E-state index contributed by atoms with van der Waals surface area (Å²) in [4.78, 5) is 0. The van der Waals surface area contributed by atoms with Crippen LogP contribution in [0, 0.1) is 6.92 Å². The Kier molecular flexibility index (Phi) is 2.08. The normalized spacial score (nSPS) is 17.9. The van der Waals surface area contributed by atoms with Crippen LogP contribution in [-0.4, -0.2) is 5.54 Å². The van der Waals surface area contributed by atoms with E-state index < -0.39 is 0 Å². The first-order chi connectivity index (χ1) is 7.65. The molecule has 1 heterocycles. The predicted octanol–water partition coefficient (Wildman–Crippen LogP) is 3.17. The number of furan rings is 1. The number of hydrogen-bond acceptors (Lipinski definition) is 2. The first-order valence-corrected chi connectivity index (χ1v) is 5.93. The van der Waals surface area contributed by atoms with E-state index in [9.17, 15) is 0 Å². The van der Waals surface area contributed by atoms with E-state index in [0.717, 1.165) is 24.2 Å². The van der Waals surface area contributed by atoms with Gasteiger partial charge in [0.15, 0.2) is 0 Å². The van der Waals surface area contributed by atoms with Crippen LogP contribution in [0.15, 0.2) is 28.7 Å². The van der Waals surface area contributed by atoms with Crippen LogP contribution in [0.1, 0.15) is 30.6 Å². The van der Waals surface area contributed by atoms with Crippen LogP contribution in [0.5, 0.6) is 0 Å². The zero-order chi connectivity index (χ0) is 11.2. The van der Waals surface area contributed by atoms with Crippen molar-refractivity contribution in [1.82, 2.24) is 0 Å². The maximum absolute atomic E-state index is 6.07. The van der Waals surface area contributed by atoms with Crippen molar-refractivity contribution in [2.45, 2.75) is 38.1 Å². The maximum Gasteiger partial charge on any atom is 0.134 e. The molecular weight excluding hydrogens is 198 g/mol. The van der Waals surface area contributed by atoms with Crippen molar-refractivity contribution >= 4 is 11.0 Å². The molecule has 84 valence electrons.